The highest BCUT2D eigenvalue weighted by Gasteiger charge is 2.18. The molecule has 0 unspecified atom stereocenters. The Hall–Kier alpha value is -1.62. The van der Waals surface area contributed by atoms with Crippen LogP contribution in [0.25, 0.3) is 10.8 Å². The zero-order chi connectivity index (χ0) is 14.6. The van der Waals surface area contributed by atoms with Gasteiger partial charge in [-0.25, -0.2) is 0 Å². The molecular weight excluding hydrogens is 270 g/mol. The van der Waals surface area contributed by atoms with Crippen LogP contribution in [0.3, 0.4) is 0 Å². The van der Waals surface area contributed by atoms with E-state index < -0.39 is 0 Å². The van der Waals surface area contributed by atoms with E-state index >= 15 is 0 Å². The zero-order valence-corrected chi connectivity index (χ0v) is 12.8. The van der Waals surface area contributed by atoms with Gasteiger partial charge in [0.25, 0.3) is 0 Å². The van der Waals surface area contributed by atoms with Crippen LogP contribution in [0.1, 0.15) is 27.2 Å². The Kier molecular flexibility index (Phi) is 4.60. The van der Waals surface area contributed by atoms with Crippen LogP contribution in [0.5, 0.6) is 0 Å². The van der Waals surface area contributed by atoms with Crippen molar-refractivity contribution >= 4 is 28.4 Å². The topological polar surface area (TPSA) is 54.9 Å². The molecule has 106 valence electrons. The van der Waals surface area contributed by atoms with E-state index in [9.17, 15) is 4.79 Å². The predicted molar refractivity (Wildman–Crippen MR) is 82.8 cm³/mol. The van der Waals surface area contributed by atoms with Gasteiger partial charge in [0.2, 0.25) is 5.91 Å². The van der Waals surface area contributed by atoms with Gasteiger partial charge in [-0.3, -0.25) is 4.79 Å². The van der Waals surface area contributed by atoms with Crippen LogP contribution in [0.4, 0.5) is 0 Å². The molecule has 1 aromatic carbocycles. The third kappa shape index (κ3) is 3.70. The molecule has 5 heteroatoms. The number of hydrogen-bond donors (Lipinski definition) is 1. The number of fused-ring (bicyclic) bond motifs is 1. The number of thioether (sulfide) groups is 1. The quantitative estimate of drug-likeness (QED) is 0.860. The Balaban J connectivity index is 2.05. The summed E-state index contributed by atoms with van der Waals surface area (Å²) in [6, 6.07) is 7.93. The van der Waals surface area contributed by atoms with Gasteiger partial charge in [0.15, 0.2) is 0 Å². The maximum atomic E-state index is 11.9. The van der Waals surface area contributed by atoms with Crippen LogP contribution in [0, 0.1) is 0 Å². The number of hydrogen-bond acceptors (Lipinski definition) is 4. The summed E-state index contributed by atoms with van der Waals surface area (Å²) in [6.07, 6.45) is 2.64. The summed E-state index contributed by atoms with van der Waals surface area (Å²) in [5, 5.41) is 14.0. The molecule has 0 radical (unpaired) electrons. The minimum atomic E-state index is -0.165. The first-order valence-corrected chi connectivity index (χ1v) is 7.64. The van der Waals surface area contributed by atoms with Crippen LogP contribution >= 0.6 is 11.8 Å². The van der Waals surface area contributed by atoms with Crippen LogP contribution in [-0.4, -0.2) is 27.4 Å². The fraction of sp³-hybridized carbons (Fsp3) is 0.400. The Morgan fingerprint density at radius 3 is 2.85 bits per heavy atom. The average molecular weight is 289 g/mol. The lowest BCUT2D eigenvalue weighted by Gasteiger charge is -2.24. The van der Waals surface area contributed by atoms with Crippen LogP contribution in [-0.2, 0) is 4.79 Å². The van der Waals surface area contributed by atoms with E-state index in [1.807, 2.05) is 38.1 Å². The molecule has 0 aliphatic rings. The SMILES string of the molecule is CCC(C)(C)NC(=O)CSc1nncc2ccccc12. The van der Waals surface area contributed by atoms with Gasteiger partial charge < -0.3 is 5.32 Å². The second-order valence-electron chi connectivity index (χ2n) is 5.31. The smallest absolute Gasteiger partial charge is 0.230 e. The molecule has 2 rings (SSSR count). The van der Waals surface area contributed by atoms with Crippen molar-refractivity contribution < 1.29 is 4.79 Å². The summed E-state index contributed by atoms with van der Waals surface area (Å²) in [5.74, 6) is 0.378. The molecule has 0 aliphatic carbocycles. The molecule has 0 spiro atoms. The van der Waals surface area contributed by atoms with Crippen molar-refractivity contribution in [3.8, 4) is 0 Å². The molecule has 4 nitrogen and oxygen atoms in total. The minimum Gasteiger partial charge on any atom is -0.351 e. The predicted octanol–water partition coefficient (Wildman–Crippen LogP) is 3.03. The standard InChI is InChI=1S/C15H19N3OS/c1-4-15(2,3)17-13(19)10-20-14-12-8-6-5-7-11(12)9-16-18-14/h5-9H,4,10H2,1-3H3,(H,17,19). The first-order valence-electron chi connectivity index (χ1n) is 6.66. The van der Waals surface area contributed by atoms with Gasteiger partial charge in [0, 0.05) is 16.3 Å². The Bertz CT molecular complexity index is 608. The number of benzene rings is 1. The van der Waals surface area contributed by atoms with Crippen molar-refractivity contribution in [2.75, 3.05) is 5.75 Å². The third-order valence-corrected chi connectivity index (χ3v) is 4.22. The molecule has 0 aliphatic heterocycles. The highest BCUT2D eigenvalue weighted by Crippen LogP contribution is 2.24. The fourth-order valence-corrected chi connectivity index (χ4v) is 2.53. The molecule has 0 saturated heterocycles. The normalized spacial score (nSPS) is 11.6. The van der Waals surface area contributed by atoms with Gasteiger partial charge in [-0.2, -0.15) is 5.10 Å². The fourth-order valence-electron chi connectivity index (χ4n) is 1.74. The summed E-state index contributed by atoms with van der Waals surface area (Å²) < 4.78 is 0. The molecule has 0 bridgehead atoms. The lowest BCUT2D eigenvalue weighted by molar-refractivity contribution is -0.120. The Morgan fingerprint density at radius 1 is 1.35 bits per heavy atom. The molecular formula is C15H19N3OS. The summed E-state index contributed by atoms with van der Waals surface area (Å²) in [5.41, 5.74) is -0.165. The number of nitrogens with one attached hydrogen (secondary N) is 1. The van der Waals surface area contributed by atoms with Crippen molar-refractivity contribution in [1.29, 1.82) is 0 Å². The Labute approximate surface area is 123 Å². The van der Waals surface area contributed by atoms with Crippen LogP contribution in [0.2, 0.25) is 0 Å². The van der Waals surface area contributed by atoms with E-state index in [0.29, 0.717) is 5.75 Å². The first-order chi connectivity index (χ1) is 9.52. The van der Waals surface area contributed by atoms with Gasteiger partial charge in [0.1, 0.15) is 5.03 Å². The van der Waals surface area contributed by atoms with E-state index in [1.54, 1.807) is 6.20 Å². The largest absolute Gasteiger partial charge is 0.351 e. The molecule has 20 heavy (non-hydrogen) atoms. The van der Waals surface area contributed by atoms with Gasteiger partial charge in [-0.05, 0) is 20.3 Å². The van der Waals surface area contributed by atoms with Gasteiger partial charge in [-0.15, -0.1) is 5.10 Å². The summed E-state index contributed by atoms with van der Waals surface area (Å²) in [7, 11) is 0. The van der Waals surface area contributed by atoms with E-state index in [1.165, 1.54) is 11.8 Å². The zero-order valence-electron chi connectivity index (χ0n) is 12.0. The highest BCUT2D eigenvalue weighted by molar-refractivity contribution is 8.00. The second kappa shape index (κ2) is 6.22. The minimum absolute atomic E-state index is 0.0246. The number of carbonyl (C=O) groups is 1. The third-order valence-electron chi connectivity index (χ3n) is 3.24. The van der Waals surface area contributed by atoms with E-state index in [4.69, 9.17) is 0 Å². The van der Waals surface area contributed by atoms with Gasteiger partial charge >= 0.3 is 0 Å². The average Bonchev–Trinajstić information content (AvgIpc) is 2.44. The Morgan fingerprint density at radius 2 is 2.10 bits per heavy atom. The van der Waals surface area contributed by atoms with E-state index in [0.717, 1.165) is 22.2 Å². The van der Waals surface area contributed by atoms with Crippen molar-refractivity contribution in [3.05, 3.63) is 30.5 Å². The molecule has 0 atom stereocenters. The van der Waals surface area contributed by atoms with Crippen molar-refractivity contribution in [3.63, 3.8) is 0 Å². The molecule has 0 saturated carbocycles. The van der Waals surface area contributed by atoms with E-state index in [2.05, 4.69) is 22.4 Å². The maximum absolute atomic E-state index is 11.9. The van der Waals surface area contributed by atoms with Crippen LogP contribution < -0.4 is 5.32 Å². The lowest BCUT2D eigenvalue weighted by Crippen LogP contribution is -2.43. The lowest BCUT2D eigenvalue weighted by atomic mass is 10.0. The molecule has 1 N–H and O–H groups in total. The number of carbonyl (C=O) groups excluding carboxylic acids is 1. The van der Waals surface area contributed by atoms with Gasteiger partial charge in [-0.1, -0.05) is 43.0 Å². The number of nitrogens with zero attached hydrogens (tertiary/aromatic N) is 2. The summed E-state index contributed by atoms with van der Waals surface area (Å²) in [4.78, 5) is 11.9. The molecule has 1 aromatic heterocycles. The molecule has 1 heterocycles. The first kappa shape index (κ1) is 14.8. The highest BCUT2D eigenvalue weighted by atomic mass is 32.2. The summed E-state index contributed by atoms with van der Waals surface area (Å²) >= 11 is 1.42. The van der Waals surface area contributed by atoms with Gasteiger partial charge in [0.05, 0.1) is 11.9 Å². The monoisotopic (exact) mass is 289 g/mol. The number of aromatic nitrogens is 2. The number of amides is 1. The molecule has 0 fully saturated rings. The van der Waals surface area contributed by atoms with E-state index in [-0.39, 0.29) is 11.4 Å². The summed E-state index contributed by atoms with van der Waals surface area (Å²) in [6.45, 7) is 6.10. The second-order valence-corrected chi connectivity index (χ2v) is 6.28. The maximum Gasteiger partial charge on any atom is 0.230 e. The molecule has 2 aromatic rings. The van der Waals surface area contributed by atoms with Crippen molar-refractivity contribution in [2.45, 2.75) is 37.8 Å². The van der Waals surface area contributed by atoms with Crippen molar-refractivity contribution in [1.82, 2.24) is 15.5 Å². The van der Waals surface area contributed by atoms with Crippen molar-refractivity contribution in [2.24, 2.45) is 0 Å². The van der Waals surface area contributed by atoms with Crippen LogP contribution in [0.15, 0.2) is 35.5 Å². The molecule has 1 amide bonds. The number of rotatable bonds is 5.